The van der Waals surface area contributed by atoms with Crippen LogP contribution in [0.4, 0.5) is 0 Å². The maximum atomic E-state index is 11.3. The van der Waals surface area contributed by atoms with Crippen molar-refractivity contribution in [3.05, 3.63) is 0 Å². The van der Waals surface area contributed by atoms with Gasteiger partial charge in [-0.05, 0) is 43.9 Å². The van der Waals surface area contributed by atoms with Crippen LogP contribution in [0.15, 0.2) is 0 Å². The fraction of sp³-hybridized carbons (Fsp3) is 0.917. The molecular weight excluding hydrogens is 176 g/mol. The van der Waals surface area contributed by atoms with Gasteiger partial charge in [-0.15, -0.1) is 0 Å². The van der Waals surface area contributed by atoms with Crippen LogP contribution in [0.25, 0.3) is 0 Å². The van der Waals surface area contributed by atoms with Crippen LogP contribution < -0.4 is 0 Å². The standard InChI is InChI=1S/C12H20O2/c1-9-4-6-12(8-9,11(13)14)7-5-10-2-3-10/h9-10H,2-8H2,1H3,(H,13,14). The van der Waals surface area contributed by atoms with E-state index in [1.165, 1.54) is 12.8 Å². The maximum absolute atomic E-state index is 11.3. The van der Waals surface area contributed by atoms with E-state index in [2.05, 4.69) is 6.92 Å². The van der Waals surface area contributed by atoms with E-state index in [9.17, 15) is 9.90 Å². The first kappa shape index (κ1) is 10.0. The van der Waals surface area contributed by atoms with Crippen LogP contribution in [0.1, 0.15) is 51.9 Å². The van der Waals surface area contributed by atoms with Gasteiger partial charge in [-0.25, -0.2) is 0 Å². The molecule has 2 unspecified atom stereocenters. The van der Waals surface area contributed by atoms with Crippen LogP contribution in [0.3, 0.4) is 0 Å². The summed E-state index contributed by atoms with van der Waals surface area (Å²) in [7, 11) is 0. The minimum atomic E-state index is -0.539. The summed E-state index contributed by atoms with van der Waals surface area (Å²) >= 11 is 0. The molecule has 2 fully saturated rings. The summed E-state index contributed by atoms with van der Waals surface area (Å²) < 4.78 is 0. The highest BCUT2D eigenvalue weighted by molar-refractivity contribution is 5.75. The Labute approximate surface area is 85.7 Å². The van der Waals surface area contributed by atoms with Crippen molar-refractivity contribution in [3.8, 4) is 0 Å². The Balaban J connectivity index is 1.94. The van der Waals surface area contributed by atoms with Crippen LogP contribution in [0.5, 0.6) is 0 Å². The Kier molecular flexibility index (Phi) is 2.54. The average molecular weight is 196 g/mol. The molecule has 0 aromatic carbocycles. The van der Waals surface area contributed by atoms with Gasteiger partial charge in [0, 0.05) is 0 Å². The molecule has 0 aliphatic heterocycles. The van der Waals surface area contributed by atoms with Crippen molar-refractivity contribution in [1.29, 1.82) is 0 Å². The highest BCUT2D eigenvalue weighted by atomic mass is 16.4. The Morgan fingerprint density at radius 2 is 2.14 bits per heavy atom. The molecule has 1 N–H and O–H groups in total. The zero-order valence-corrected chi connectivity index (χ0v) is 8.96. The second-order valence-electron chi connectivity index (χ2n) is 5.42. The van der Waals surface area contributed by atoms with Crippen molar-refractivity contribution in [2.45, 2.75) is 51.9 Å². The average Bonchev–Trinajstić information content (AvgIpc) is 2.87. The molecule has 0 aromatic heterocycles. The molecule has 0 radical (unpaired) electrons. The van der Waals surface area contributed by atoms with Crippen LogP contribution in [-0.2, 0) is 4.79 Å². The molecule has 2 saturated carbocycles. The smallest absolute Gasteiger partial charge is 0.309 e. The van der Waals surface area contributed by atoms with Gasteiger partial charge < -0.3 is 5.11 Å². The molecule has 0 saturated heterocycles. The quantitative estimate of drug-likeness (QED) is 0.750. The number of carboxylic acids is 1. The molecule has 0 heterocycles. The molecule has 2 atom stereocenters. The summed E-state index contributed by atoms with van der Waals surface area (Å²) in [6.45, 7) is 2.18. The van der Waals surface area contributed by atoms with Crippen LogP contribution in [-0.4, -0.2) is 11.1 Å². The molecule has 0 bridgehead atoms. The predicted octanol–water partition coefficient (Wildman–Crippen LogP) is 3.07. The lowest BCUT2D eigenvalue weighted by Crippen LogP contribution is -2.28. The number of hydrogen-bond donors (Lipinski definition) is 1. The van der Waals surface area contributed by atoms with Gasteiger partial charge in [-0.1, -0.05) is 19.8 Å². The number of rotatable bonds is 4. The summed E-state index contributed by atoms with van der Waals surface area (Å²) in [5, 5.41) is 9.31. The molecule has 2 aliphatic rings. The SMILES string of the molecule is CC1CCC(CCC2CC2)(C(=O)O)C1. The molecule has 0 spiro atoms. The summed E-state index contributed by atoms with van der Waals surface area (Å²) in [6.07, 6.45) is 7.69. The molecule has 0 amide bonds. The highest BCUT2D eigenvalue weighted by Gasteiger charge is 2.44. The van der Waals surface area contributed by atoms with E-state index in [0.717, 1.165) is 38.0 Å². The van der Waals surface area contributed by atoms with Gasteiger partial charge in [-0.3, -0.25) is 4.79 Å². The molecular formula is C12H20O2. The molecule has 14 heavy (non-hydrogen) atoms. The van der Waals surface area contributed by atoms with Crippen molar-refractivity contribution in [3.63, 3.8) is 0 Å². The second kappa shape index (κ2) is 3.56. The van der Waals surface area contributed by atoms with Crippen molar-refractivity contribution < 1.29 is 9.90 Å². The van der Waals surface area contributed by atoms with Crippen LogP contribution in [0, 0.1) is 17.3 Å². The Bertz CT molecular complexity index is 232. The van der Waals surface area contributed by atoms with Gasteiger partial charge in [0.15, 0.2) is 0 Å². The van der Waals surface area contributed by atoms with Gasteiger partial charge in [0.1, 0.15) is 0 Å². The zero-order valence-electron chi connectivity index (χ0n) is 8.96. The third kappa shape index (κ3) is 1.94. The molecule has 2 nitrogen and oxygen atoms in total. The lowest BCUT2D eigenvalue weighted by molar-refractivity contribution is -0.149. The monoisotopic (exact) mass is 196 g/mol. The Morgan fingerprint density at radius 1 is 1.43 bits per heavy atom. The molecule has 2 aliphatic carbocycles. The minimum absolute atomic E-state index is 0.345. The first-order chi connectivity index (χ1) is 6.62. The van der Waals surface area contributed by atoms with Crippen LogP contribution >= 0.6 is 0 Å². The van der Waals surface area contributed by atoms with Gasteiger partial charge in [0.2, 0.25) is 0 Å². The maximum Gasteiger partial charge on any atom is 0.309 e. The Morgan fingerprint density at radius 3 is 2.57 bits per heavy atom. The summed E-state index contributed by atoms with van der Waals surface area (Å²) in [5.74, 6) is 0.940. The van der Waals surface area contributed by atoms with E-state index in [1.54, 1.807) is 0 Å². The molecule has 0 aromatic rings. The van der Waals surface area contributed by atoms with E-state index in [0.29, 0.717) is 5.92 Å². The van der Waals surface area contributed by atoms with Gasteiger partial charge in [0.25, 0.3) is 0 Å². The normalized spacial score (nSPS) is 37.4. The first-order valence-electron chi connectivity index (χ1n) is 5.86. The molecule has 2 heteroatoms. The minimum Gasteiger partial charge on any atom is -0.481 e. The van der Waals surface area contributed by atoms with Gasteiger partial charge >= 0.3 is 5.97 Å². The number of carbonyl (C=O) groups is 1. The number of carboxylic acid groups (broad SMARTS) is 1. The molecule has 80 valence electrons. The fourth-order valence-corrected chi connectivity index (χ4v) is 2.81. The van der Waals surface area contributed by atoms with E-state index in [4.69, 9.17) is 0 Å². The van der Waals surface area contributed by atoms with Crippen molar-refractivity contribution in [1.82, 2.24) is 0 Å². The van der Waals surface area contributed by atoms with E-state index in [1.807, 2.05) is 0 Å². The summed E-state index contributed by atoms with van der Waals surface area (Å²) in [6, 6.07) is 0. The largest absolute Gasteiger partial charge is 0.481 e. The zero-order chi connectivity index (χ0) is 10.2. The summed E-state index contributed by atoms with van der Waals surface area (Å²) in [4.78, 5) is 11.3. The lowest BCUT2D eigenvalue weighted by atomic mass is 9.80. The third-order valence-electron chi connectivity index (χ3n) is 4.04. The fourth-order valence-electron chi connectivity index (χ4n) is 2.81. The van der Waals surface area contributed by atoms with E-state index in [-0.39, 0.29) is 5.41 Å². The number of aliphatic carboxylic acids is 1. The molecule has 2 rings (SSSR count). The predicted molar refractivity (Wildman–Crippen MR) is 55.0 cm³/mol. The van der Waals surface area contributed by atoms with Crippen LogP contribution in [0.2, 0.25) is 0 Å². The van der Waals surface area contributed by atoms with Gasteiger partial charge in [-0.2, -0.15) is 0 Å². The van der Waals surface area contributed by atoms with E-state index >= 15 is 0 Å². The van der Waals surface area contributed by atoms with E-state index < -0.39 is 5.97 Å². The summed E-state index contributed by atoms with van der Waals surface area (Å²) in [5.41, 5.74) is -0.345. The topological polar surface area (TPSA) is 37.3 Å². The van der Waals surface area contributed by atoms with Gasteiger partial charge in [0.05, 0.1) is 5.41 Å². The third-order valence-corrected chi connectivity index (χ3v) is 4.04. The number of hydrogen-bond acceptors (Lipinski definition) is 1. The highest BCUT2D eigenvalue weighted by Crippen LogP contribution is 2.48. The van der Waals surface area contributed by atoms with Crippen molar-refractivity contribution in [2.75, 3.05) is 0 Å². The lowest BCUT2D eigenvalue weighted by Gasteiger charge is -2.23. The Hall–Kier alpha value is -0.530. The first-order valence-corrected chi connectivity index (χ1v) is 5.86. The second-order valence-corrected chi connectivity index (χ2v) is 5.42. The van der Waals surface area contributed by atoms with Crippen molar-refractivity contribution >= 4 is 5.97 Å². The van der Waals surface area contributed by atoms with Crippen molar-refractivity contribution in [2.24, 2.45) is 17.3 Å².